The molecule has 180 valence electrons. The predicted octanol–water partition coefficient (Wildman–Crippen LogP) is 5.90. The first-order chi connectivity index (χ1) is 16.5. The Balaban J connectivity index is 1.99. The molecule has 1 heterocycles. The van der Waals surface area contributed by atoms with E-state index in [0.29, 0.717) is 11.3 Å². The average molecular weight is 478 g/mol. The van der Waals surface area contributed by atoms with Crippen molar-refractivity contribution >= 4 is 23.1 Å². The molecule has 1 N–H and O–H groups in total. The summed E-state index contributed by atoms with van der Waals surface area (Å²) in [6, 6.07) is 15.8. The number of ether oxygens (including phenoxy) is 1. The zero-order valence-corrected chi connectivity index (χ0v) is 19.8. The molecule has 1 aliphatic heterocycles. The summed E-state index contributed by atoms with van der Waals surface area (Å²) < 4.78 is 33.1. The second kappa shape index (κ2) is 8.98. The van der Waals surface area contributed by atoms with Crippen molar-refractivity contribution < 1.29 is 28.2 Å². The Bertz CT molecular complexity index is 1340. The Morgan fingerprint density at radius 3 is 2.23 bits per heavy atom. The van der Waals surface area contributed by atoms with Gasteiger partial charge in [0.15, 0.2) is 11.6 Å². The van der Waals surface area contributed by atoms with E-state index in [2.05, 4.69) is 0 Å². The zero-order valence-electron chi connectivity index (χ0n) is 19.8. The van der Waals surface area contributed by atoms with Crippen LogP contribution in [0.5, 0.6) is 5.75 Å². The minimum absolute atomic E-state index is 0.00527. The Morgan fingerprint density at radius 1 is 0.943 bits per heavy atom. The lowest BCUT2D eigenvalue weighted by molar-refractivity contribution is -0.132. The van der Waals surface area contributed by atoms with Crippen LogP contribution in [0.3, 0.4) is 0 Å². The lowest BCUT2D eigenvalue weighted by Gasteiger charge is -2.26. The number of Topliss-reactive ketones (excluding diaryl/α,β-unsaturated/α-hetero) is 1. The molecule has 7 heteroatoms. The van der Waals surface area contributed by atoms with E-state index in [4.69, 9.17) is 4.74 Å². The number of carbonyl (C=O) groups excluding carboxylic acids is 2. The van der Waals surface area contributed by atoms with E-state index in [9.17, 15) is 23.5 Å². The van der Waals surface area contributed by atoms with Crippen LogP contribution < -0.4 is 9.64 Å². The Kier molecular flexibility index (Phi) is 6.19. The topological polar surface area (TPSA) is 66.8 Å². The quantitative estimate of drug-likeness (QED) is 0.289. The van der Waals surface area contributed by atoms with Gasteiger partial charge in [-0.25, -0.2) is 8.78 Å². The van der Waals surface area contributed by atoms with Crippen molar-refractivity contribution in [2.75, 3.05) is 12.0 Å². The molecule has 0 saturated carbocycles. The highest BCUT2D eigenvalue weighted by molar-refractivity contribution is 6.51. The van der Waals surface area contributed by atoms with E-state index in [0.717, 1.165) is 22.6 Å². The van der Waals surface area contributed by atoms with Crippen LogP contribution in [0.4, 0.5) is 14.5 Å². The van der Waals surface area contributed by atoms with Crippen LogP contribution in [-0.4, -0.2) is 23.9 Å². The number of benzene rings is 3. The first kappa shape index (κ1) is 24.1. The summed E-state index contributed by atoms with van der Waals surface area (Å²) in [5, 5.41) is 11.5. The van der Waals surface area contributed by atoms with Crippen molar-refractivity contribution in [3.63, 3.8) is 0 Å². The first-order valence-electron chi connectivity index (χ1n) is 11.0. The van der Waals surface area contributed by atoms with Crippen LogP contribution in [0, 0.1) is 11.6 Å². The highest BCUT2D eigenvalue weighted by Gasteiger charge is 2.47. The van der Waals surface area contributed by atoms with E-state index in [-0.39, 0.29) is 22.2 Å². The highest BCUT2D eigenvalue weighted by Crippen LogP contribution is 2.44. The maximum Gasteiger partial charge on any atom is 0.300 e. The number of carbonyl (C=O) groups is 2. The van der Waals surface area contributed by atoms with E-state index in [1.165, 1.54) is 13.2 Å². The molecule has 5 nitrogen and oxygen atoms in total. The summed E-state index contributed by atoms with van der Waals surface area (Å²) in [6.07, 6.45) is 0. The monoisotopic (exact) mass is 477 g/mol. The molecule has 1 fully saturated rings. The summed E-state index contributed by atoms with van der Waals surface area (Å²) in [7, 11) is 1.44. The number of halogens is 2. The normalized spacial score (nSPS) is 17.7. The number of aliphatic hydroxyl groups excluding tert-OH is 1. The molecule has 3 aromatic carbocycles. The van der Waals surface area contributed by atoms with Crippen LogP contribution in [0.25, 0.3) is 5.76 Å². The van der Waals surface area contributed by atoms with Gasteiger partial charge in [-0.1, -0.05) is 57.2 Å². The summed E-state index contributed by atoms with van der Waals surface area (Å²) in [4.78, 5) is 27.6. The minimum atomic E-state index is -1.16. The van der Waals surface area contributed by atoms with Gasteiger partial charge in [-0.15, -0.1) is 0 Å². The number of amides is 1. The lowest BCUT2D eigenvalue weighted by atomic mass is 9.85. The fourth-order valence-electron chi connectivity index (χ4n) is 4.19. The third kappa shape index (κ3) is 4.30. The molecule has 1 atom stereocenters. The third-order valence-corrected chi connectivity index (χ3v) is 6.06. The zero-order chi connectivity index (χ0) is 25.5. The number of anilines is 1. The van der Waals surface area contributed by atoms with Gasteiger partial charge in [0.05, 0.1) is 24.3 Å². The summed E-state index contributed by atoms with van der Waals surface area (Å²) in [5.41, 5.74) is 1.21. The number of nitrogens with zero attached hydrogens (tertiary/aromatic N) is 1. The van der Waals surface area contributed by atoms with Crippen LogP contribution in [0.2, 0.25) is 0 Å². The van der Waals surface area contributed by atoms with Gasteiger partial charge in [-0.2, -0.15) is 0 Å². The standard InChI is InChI=1S/C28H25F2NO4/c1-28(2,3)17-10-13-22(35-4)19(14-17)25(32)23-24(16-8-6-5-7-9-16)31(27(34)26(23)33)18-11-12-20(29)21(30)15-18/h5-15,24,32H,1-4H3/b25-23+. The van der Waals surface area contributed by atoms with Crippen molar-refractivity contribution in [3.8, 4) is 5.75 Å². The van der Waals surface area contributed by atoms with Gasteiger partial charge in [0.1, 0.15) is 11.5 Å². The number of hydrogen-bond acceptors (Lipinski definition) is 4. The molecule has 1 unspecified atom stereocenters. The number of ketones is 1. The largest absolute Gasteiger partial charge is 0.507 e. The van der Waals surface area contributed by atoms with Crippen LogP contribution in [0.1, 0.15) is 43.5 Å². The molecule has 0 aromatic heterocycles. The molecule has 1 saturated heterocycles. The highest BCUT2D eigenvalue weighted by atomic mass is 19.2. The second-order valence-corrected chi connectivity index (χ2v) is 9.34. The van der Waals surface area contributed by atoms with Gasteiger partial charge in [0, 0.05) is 11.8 Å². The van der Waals surface area contributed by atoms with Gasteiger partial charge in [0.2, 0.25) is 0 Å². The van der Waals surface area contributed by atoms with E-state index < -0.39 is 35.1 Å². The number of rotatable bonds is 4. The molecule has 0 aliphatic carbocycles. The molecular formula is C28H25F2NO4. The lowest BCUT2D eigenvalue weighted by Crippen LogP contribution is -2.29. The van der Waals surface area contributed by atoms with Crippen LogP contribution in [-0.2, 0) is 15.0 Å². The molecular weight excluding hydrogens is 452 g/mol. The Labute approximate surface area is 202 Å². The Hall–Kier alpha value is -4.00. The fraction of sp³-hybridized carbons (Fsp3) is 0.214. The molecule has 4 rings (SSSR count). The van der Waals surface area contributed by atoms with Gasteiger partial charge in [-0.05, 0) is 40.8 Å². The van der Waals surface area contributed by atoms with Crippen molar-refractivity contribution in [1.29, 1.82) is 0 Å². The second-order valence-electron chi connectivity index (χ2n) is 9.34. The minimum Gasteiger partial charge on any atom is -0.507 e. The number of aliphatic hydroxyl groups is 1. The summed E-state index contributed by atoms with van der Waals surface area (Å²) in [6.45, 7) is 6.01. The third-order valence-electron chi connectivity index (χ3n) is 6.06. The molecule has 1 amide bonds. The molecule has 35 heavy (non-hydrogen) atoms. The SMILES string of the molecule is COc1ccc(C(C)(C)C)cc1/C(O)=C1\C(=O)C(=O)N(c2ccc(F)c(F)c2)C1c1ccccc1. The van der Waals surface area contributed by atoms with E-state index >= 15 is 0 Å². The van der Waals surface area contributed by atoms with Gasteiger partial charge < -0.3 is 9.84 Å². The molecule has 0 bridgehead atoms. The summed E-state index contributed by atoms with van der Waals surface area (Å²) >= 11 is 0. The fourth-order valence-corrected chi connectivity index (χ4v) is 4.19. The maximum absolute atomic E-state index is 14.1. The van der Waals surface area contributed by atoms with Crippen molar-refractivity contribution in [2.45, 2.75) is 32.2 Å². The summed E-state index contributed by atoms with van der Waals surface area (Å²) in [5.74, 6) is -4.23. The smallest absolute Gasteiger partial charge is 0.300 e. The maximum atomic E-state index is 14.1. The van der Waals surface area contributed by atoms with Crippen molar-refractivity contribution in [1.82, 2.24) is 0 Å². The van der Waals surface area contributed by atoms with Crippen molar-refractivity contribution in [3.05, 3.63) is 101 Å². The van der Waals surface area contributed by atoms with Crippen LogP contribution >= 0.6 is 0 Å². The van der Waals surface area contributed by atoms with Gasteiger partial charge in [-0.3, -0.25) is 14.5 Å². The predicted molar refractivity (Wildman–Crippen MR) is 129 cm³/mol. The Morgan fingerprint density at radius 2 is 1.63 bits per heavy atom. The van der Waals surface area contributed by atoms with Gasteiger partial charge >= 0.3 is 0 Å². The molecule has 0 radical (unpaired) electrons. The van der Waals surface area contributed by atoms with Gasteiger partial charge in [0.25, 0.3) is 11.7 Å². The van der Waals surface area contributed by atoms with Crippen molar-refractivity contribution in [2.24, 2.45) is 0 Å². The molecule has 0 spiro atoms. The van der Waals surface area contributed by atoms with E-state index in [1.807, 2.05) is 26.8 Å². The van der Waals surface area contributed by atoms with E-state index in [1.54, 1.807) is 42.5 Å². The van der Waals surface area contributed by atoms with Crippen LogP contribution in [0.15, 0.2) is 72.3 Å². The number of methoxy groups -OCH3 is 1. The first-order valence-corrected chi connectivity index (χ1v) is 11.0. The average Bonchev–Trinajstić information content (AvgIpc) is 3.10. The molecule has 1 aliphatic rings. The molecule has 3 aromatic rings. The number of hydrogen-bond donors (Lipinski definition) is 1.